The Morgan fingerprint density at radius 2 is 2.32 bits per heavy atom. The molecule has 0 aromatic heterocycles. The van der Waals surface area contributed by atoms with Crippen LogP contribution in [0.2, 0.25) is 0 Å². The average molecular weight is 262 g/mol. The number of nitrogens with one attached hydrogen (secondary N) is 2. The van der Waals surface area contributed by atoms with Crippen LogP contribution in [0, 0.1) is 0 Å². The zero-order chi connectivity index (χ0) is 13.7. The van der Waals surface area contributed by atoms with Crippen LogP contribution in [0.25, 0.3) is 0 Å². The predicted molar refractivity (Wildman–Crippen MR) is 76.4 cm³/mol. The minimum absolute atomic E-state index is 0.118. The first-order chi connectivity index (χ1) is 9.20. The van der Waals surface area contributed by atoms with Crippen molar-refractivity contribution in [1.29, 1.82) is 0 Å². The molecule has 2 atom stereocenters. The Balaban J connectivity index is 1.84. The molecule has 0 fully saturated rings. The number of hydrogen-bond acceptors (Lipinski definition) is 3. The van der Waals surface area contributed by atoms with Crippen LogP contribution >= 0.6 is 0 Å². The summed E-state index contributed by atoms with van der Waals surface area (Å²) in [5, 5.41) is 6.37. The maximum absolute atomic E-state index is 12.0. The summed E-state index contributed by atoms with van der Waals surface area (Å²) in [4.78, 5) is 12.0. The molecule has 0 radical (unpaired) electrons. The first-order valence-corrected chi connectivity index (χ1v) is 6.81. The van der Waals surface area contributed by atoms with Crippen molar-refractivity contribution in [3.8, 4) is 0 Å². The summed E-state index contributed by atoms with van der Waals surface area (Å²) < 4.78 is 5.01. The Kier molecular flexibility index (Phi) is 4.80. The van der Waals surface area contributed by atoms with E-state index in [0.29, 0.717) is 13.0 Å². The maximum atomic E-state index is 12.0. The fraction of sp³-hybridized carbons (Fsp3) is 0.533. The standard InChI is InChI=1S/C15H22N2O2/c1-11(7-8-19-2)17-15(18)9-12-10-16-14-6-4-3-5-13(12)14/h3-6,11-12,16H,7-10H2,1-2H3,(H,17,18). The number of para-hydroxylation sites is 1. The number of ether oxygens (including phenoxy) is 1. The van der Waals surface area contributed by atoms with Crippen LogP contribution in [0.5, 0.6) is 0 Å². The van der Waals surface area contributed by atoms with Crippen LogP contribution < -0.4 is 10.6 Å². The molecule has 0 aliphatic carbocycles. The molecule has 1 heterocycles. The Labute approximate surface area is 114 Å². The fourth-order valence-electron chi connectivity index (χ4n) is 2.46. The first-order valence-electron chi connectivity index (χ1n) is 6.81. The van der Waals surface area contributed by atoms with Crippen molar-refractivity contribution >= 4 is 11.6 Å². The second-order valence-electron chi connectivity index (χ2n) is 5.12. The predicted octanol–water partition coefficient (Wildman–Crippen LogP) is 2.13. The van der Waals surface area contributed by atoms with E-state index in [0.717, 1.165) is 18.7 Å². The van der Waals surface area contributed by atoms with Crippen molar-refractivity contribution in [2.45, 2.75) is 31.7 Å². The van der Waals surface area contributed by atoms with Crippen LogP contribution in [0.3, 0.4) is 0 Å². The van der Waals surface area contributed by atoms with Gasteiger partial charge in [0.15, 0.2) is 0 Å². The van der Waals surface area contributed by atoms with Crippen LogP contribution in [0.4, 0.5) is 5.69 Å². The molecule has 2 unspecified atom stereocenters. The Hall–Kier alpha value is -1.55. The quantitative estimate of drug-likeness (QED) is 0.825. The SMILES string of the molecule is COCCC(C)NC(=O)CC1CNc2ccccc21. The number of hydrogen-bond donors (Lipinski definition) is 2. The number of methoxy groups -OCH3 is 1. The summed E-state index contributed by atoms with van der Waals surface area (Å²) in [6, 6.07) is 8.37. The van der Waals surface area contributed by atoms with Gasteiger partial charge in [0.2, 0.25) is 5.91 Å². The van der Waals surface area contributed by atoms with Gasteiger partial charge in [0.1, 0.15) is 0 Å². The fourth-order valence-corrected chi connectivity index (χ4v) is 2.46. The van der Waals surface area contributed by atoms with Crippen LogP contribution in [-0.2, 0) is 9.53 Å². The van der Waals surface area contributed by atoms with Gasteiger partial charge in [-0.2, -0.15) is 0 Å². The number of fused-ring (bicyclic) bond motifs is 1. The topological polar surface area (TPSA) is 50.4 Å². The highest BCUT2D eigenvalue weighted by Crippen LogP contribution is 2.32. The van der Waals surface area contributed by atoms with Crippen molar-refractivity contribution in [2.75, 3.05) is 25.6 Å². The molecule has 0 saturated carbocycles. The van der Waals surface area contributed by atoms with E-state index in [1.807, 2.05) is 19.1 Å². The van der Waals surface area contributed by atoms with E-state index in [-0.39, 0.29) is 17.9 Å². The van der Waals surface area contributed by atoms with Gasteiger partial charge in [0.05, 0.1) is 0 Å². The number of anilines is 1. The maximum Gasteiger partial charge on any atom is 0.220 e. The van der Waals surface area contributed by atoms with Crippen molar-refractivity contribution in [2.24, 2.45) is 0 Å². The van der Waals surface area contributed by atoms with E-state index in [2.05, 4.69) is 22.8 Å². The van der Waals surface area contributed by atoms with Crippen molar-refractivity contribution in [3.05, 3.63) is 29.8 Å². The lowest BCUT2D eigenvalue weighted by Gasteiger charge is -2.15. The number of benzene rings is 1. The molecule has 0 spiro atoms. The van der Waals surface area contributed by atoms with E-state index in [4.69, 9.17) is 4.74 Å². The molecule has 104 valence electrons. The van der Waals surface area contributed by atoms with Crippen molar-refractivity contribution in [1.82, 2.24) is 5.32 Å². The summed E-state index contributed by atoms with van der Waals surface area (Å²) >= 11 is 0. The van der Waals surface area contributed by atoms with Gasteiger partial charge in [-0.3, -0.25) is 4.79 Å². The second-order valence-corrected chi connectivity index (χ2v) is 5.12. The highest BCUT2D eigenvalue weighted by Gasteiger charge is 2.24. The number of amides is 1. The summed E-state index contributed by atoms with van der Waals surface area (Å²) in [5.74, 6) is 0.401. The van der Waals surface area contributed by atoms with Gasteiger partial charge in [-0.05, 0) is 25.0 Å². The minimum Gasteiger partial charge on any atom is -0.385 e. The van der Waals surface area contributed by atoms with Crippen LogP contribution in [0.15, 0.2) is 24.3 Å². The number of carbonyl (C=O) groups is 1. The summed E-state index contributed by atoms with van der Waals surface area (Å²) in [5.41, 5.74) is 2.41. The average Bonchev–Trinajstić information content (AvgIpc) is 2.80. The molecule has 1 aromatic rings. The molecule has 1 aliphatic rings. The van der Waals surface area contributed by atoms with Crippen molar-refractivity contribution in [3.63, 3.8) is 0 Å². The molecular weight excluding hydrogens is 240 g/mol. The lowest BCUT2D eigenvalue weighted by molar-refractivity contribution is -0.122. The van der Waals surface area contributed by atoms with Gasteiger partial charge in [-0.1, -0.05) is 18.2 Å². The molecule has 2 N–H and O–H groups in total. The van der Waals surface area contributed by atoms with Gasteiger partial charge in [0.25, 0.3) is 0 Å². The first kappa shape index (κ1) is 13.9. The molecule has 4 heteroatoms. The molecular formula is C15H22N2O2. The monoisotopic (exact) mass is 262 g/mol. The second kappa shape index (κ2) is 6.57. The van der Waals surface area contributed by atoms with Gasteiger partial charge >= 0.3 is 0 Å². The lowest BCUT2D eigenvalue weighted by Crippen LogP contribution is -2.34. The normalized spacial score (nSPS) is 18.5. The van der Waals surface area contributed by atoms with E-state index >= 15 is 0 Å². The summed E-state index contributed by atoms with van der Waals surface area (Å²) in [6.07, 6.45) is 1.39. The zero-order valence-corrected chi connectivity index (χ0v) is 11.6. The van der Waals surface area contributed by atoms with Gasteiger partial charge < -0.3 is 15.4 Å². The molecule has 19 heavy (non-hydrogen) atoms. The Bertz CT molecular complexity index is 434. The largest absolute Gasteiger partial charge is 0.385 e. The lowest BCUT2D eigenvalue weighted by atomic mass is 9.97. The summed E-state index contributed by atoms with van der Waals surface area (Å²) in [6.45, 7) is 3.53. The van der Waals surface area contributed by atoms with E-state index in [1.54, 1.807) is 7.11 Å². The molecule has 1 aromatic carbocycles. The van der Waals surface area contributed by atoms with E-state index in [9.17, 15) is 4.79 Å². The number of carbonyl (C=O) groups excluding carboxylic acids is 1. The zero-order valence-electron chi connectivity index (χ0n) is 11.6. The smallest absolute Gasteiger partial charge is 0.220 e. The summed E-state index contributed by atoms with van der Waals surface area (Å²) in [7, 11) is 1.68. The molecule has 4 nitrogen and oxygen atoms in total. The van der Waals surface area contributed by atoms with Gasteiger partial charge in [0, 0.05) is 44.3 Å². The molecule has 0 saturated heterocycles. The highest BCUT2D eigenvalue weighted by atomic mass is 16.5. The third kappa shape index (κ3) is 3.70. The highest BCUT2D eigenvalue weighted by molar-refractivity contribution is 5.78. The van der Waals surface area contributed by atoms with E-state index < -0.39 is 0 Å². The van der Waals surface area contributed by atoms with Gasteiger partial charge in [-0.25, -0.2) is 0 Å². The third-order valence-electron chi connectivity index (χ3n) is 3.53. The van der Waals surface area contributed by atoms with E-state index in [1.165, 1.54) is 5.56 Å². The van der Waals surface area contributed by atoms with Gasteiger partial charge in [-0.15, -0.1) is 0 Å². The molecule has 1 aliphatic heterocycles. The molecule has 1 amide bonds. The number of rotatable bonds is 6. The Morgan fingerprint density at radius 1 is 1.53 bits per heavy atom. The molecule has 2 rings (SSSR count). The minimum atomic E-state index is 0.118. The van der Waals surface area contributed by atoms with Crippen LogP contribution in [0.1, 0.15) is 31.2 Å². The molecule has 0 bridgehead atoms. The van der Waals surface area contributed by atoms with Crippen LogP contribution in [-0.4, -0.2) is 32.2 Å². The Morgan fingerprint density at radius 3 is 3.11 bits per heavy atom. The van der Waals surface area contributed by atoms with Crippen molar-refractivity contribution < 1.29 is 9.53 Å². The third-order valence-corrected chi connectivity index (χ3v) is 3.53.